The van der Waals surface area contributed by atoms with Crippen LogP contribution in [0.15, 0.2) is 24.3 Å². The Bertz CT molecular complexity index is 1160. The highest BCUT2D eigenvalue weighted by Crippen LogP contribution is 2.31. The van der Waals surface area contributed by atoms with E-state index in [9.17, 15) is 28.0 Å². The van der Waals surface area contributed by atoms with E-state index in [1.54, 1.807) is 20.8 Å². The molecule has 0 saturated carbocycles. The zero-order valence-electron chi connectivity index (χ0n) is 20.7. The van der Waals surface area contributed by atoms with Gasteiger partial charge in [0.1, 0.15) is 17.7 Å². The van der Waals surface area contributed by atoms with E-state index in [0.717, 1.165) is 18.2 Å². The van der Waals surface area contributed by atoms with Crippen molar-refractivity contribution in [1.82, 2.24) is 15.3 Å². The van der Waals surface area contributed by atoms with E-state index in [1.165, 1.54) is 13.2 Å². The van der Waals surface area contributed by atoms with Gasteiger partial charge in [-0.25, -0.2) is 4.79 Å². The molecule has 0 fully saturated rings. The molecule has 11 nitrogen and oxygen atoms in total. The van der Waals surface area contributed by atoms with Gasteiger partial charge < -0.3 is 31.2 Å². The summed E-state index contributed by atoms with van der Waals surface area (Å²) >= 11 is 0. The molecule has 208 valence electrons. The molecule has 1 atom stereocenters. The number of hydrogen-bond acceptors (Lipinski definition) is 9. The Kier molecular flexibility index (Phi) is 11.1. The molecule has 0 aliphatic carbocycles. The molecule has 14 heteroatoms. The first-order valence-corrected chi connectivity index (χ1v) is 11.1. The number of nitrogens with one attached hydrogen (secondary N) is 3. The third-order valence-electron chi connectivity index (χ3n) is 4.62. The number of halogens is 3. The summed E-state index contributed by atoms with van der Waals surface area (Å²) < 4.78 is 49.4. The first-order valence-electron chi connectivity index (χ1n) is 11.1. The Balaban J connectivity index is 0.00000722. The van der Waals surface area contributed by atoms with E-state index in [1.807, 2.05) is 6.07 Å². The zero-order chi connectivity index (χ0) is 27.8. The number of hydrogen-bond donors (Lipinski definition) is 4. The van der Waals surface area contributed by atoms with Crippen LogP contribution in [-0.2, 0) is 15.7 Å². The smallest absolute Gasteiger partial charge is 0.416 e. The van der Waals surface area contributed by atoms with Gasteiger partial charge in [-0.1, -0.05) is 13.5 Å². The number of nitriles is 1. The molecule has 2 rings (SSSR count). The summed E-state index contributed by atoms with van der Waals surface area (Å²) in [6.45, 7) is 5.25. The van der Waals surface area contributed by atoms with Gasteiger partial charge in [-0.15, -0.1) is 0 Å². The van der Waals surface area contributed by atoms with Gasteiger partial charge in [-0.05, 0) is 51.8 Å². The van der Waals surface area contributed by atoms with Crippen molar-refractivity contribution in [3.63, 3.8) is 0 Å². The van der Waals surface area contributed by atoms with Gasteiger partial charge in [0.05, 0.1) is 12.7 Å². The molecule has 1 aromatic carbocycles. The average molecular weight is 540 g/mol. The van der Waals surface area contributed by atoms with Crippen LogP contribution in [0.1, 0.15) is 52.2 Å². The van der Waals surface area contributed by atoms with Crippen molar-refractivity contribution in [3.05, 3.63) is 35.4 Å². The second-order valence-electron chi connectivity index (χ2n) is 8.76. The number of aromatic nitrogens is 2. The Morgan fingerprint density at radius 1 is 1.21 bits per heavy atom. The molecule has 0 saturated heterocycles. The van der Waals surface area contributed by atoms with Crippen molar-refractivity contribution in [3.8, 4) is 11.9 Å². The average Bonchev–Trinajstić information content (AvgIpc) is 2.79. The molecule has 0 aliphatic rings. The van der Waals surface area contributed by atoms with Gasteiger partial charge in [0.25, 0.3) is 0 Å². The third kappa shape index (κ3) is 9.64. The predicted molar refractivity (Wildman–Crippen MR) is 135 cm³/mol. The zero-order valence-corrected chi connectivity index (χ0v) is 20.7. The summed E-state index contributed by atoms with van der Waals surface area (Å²) in [5.74, 6) is -1.17. The fourth-order valence-electron chi connectivity index (χ4n) is 3.06. The third-order valence-corrected chi connectivity index (χ3v) is 4.62. The van der Waals surface area contributed by atoms with Crippen LogP contribution in [0.2, 0.25) is 0 Å². The van der Waals surface area contributed by atoms with Crippen LogP contribution in [-0.4, -0.2) is 47.3 Å². The van der Waals surface area contributed by atoms with Crippen LogP contribution in [0.5, 0.6) is 5.88 Å². The molecule has 0 bridgehead atoms. The van der Waals surface area contributed by atoms with Gasteiger partial charge in [0.2, 0.25) is 17.7 Å². The van der Waals surface area contributed by atoms with Crippen molar-refractivity contribution in [2.75, 3.05) is 30.0 Å². The highest BCUT2D eigenvalue weighted by Gasteiger charge is 2.31. The minimum absolute atomic E-state index is 0. The van der Waals surface area contributed by atoms with Crippen molar-refractivity contribution < 1.29 is 32.2 Å². The number of benzene rings is 1. The van der Waals surface area contributed by atoms with Gasteiger partial charge >= 0.3 is 12.3 Å². The van der Waals surface area contributed by atoms with Gasteiger partial charge in [0.15, 0.2) is 11.4 Å². The maximum absolute atomic E-state index is 13.1. The van der Waals surface area contributed by atoms with Crippen LogP contribution in [0.4, 0.5) is 35.4 Å². The monoisotopic (exact) mass is 539 g/mol. The molecule has 0 radical (unpaired) electrons. The summed E-state index contributed by atoms with van der Waals surface area (Å²) in [5.41, 5.74) is 3.84. The number of ether oxygens (including phenoxy) is 2. The Hall–Kier alpha value is -4.28. The quantitative estimate of drug-likeness (QED) is 0.340. The van der Waals surface area contributed by atoms with E-state index in [0.29, 0.717) is 0 Å². The number of alkyl carbamates (subject to hydrolysis) is 1. The number of alkyl halides is 3. The number of methoxy groups -OCH3 is 1. The fraction of sp³-hybridized carbons (Fsp3) is 0.458. The molecule has 2 aromatic rings. The van der Waals surface area contributed by atoms with Crippen LogP contribution < -0.4 is 26.4 Å². The molecule has 1 aromatic heterocycles. The van der Waals surface area contributed by atoms with Crippen LogP contribution in [0, 0.1) is 11.3 Å². The lowest BCUT2D eigenvalue weighted by atomic mass is 10.1. The van der Waals surface area contributed by atoms with E-state index in [2.05, 4.69) is 25.9 Å². The number of carbonyl (C=O) groups is 2. The summed E-state index contributed by atoms with van der Waals surface area (Å²) in [7, 11) is 1.27. The standard InChI is InChI=1S/C23H28F3N7O4.CH4/c1-22(2,3)37-21(35)29-10-6-9-16(31-17-15(12-27)19(36-4)33-20(28)32-17)18(34)30-14-8-5-7-13(11-14)23(24,25)26;/h5,7-8,11,16H,6,9-10H2,1-4H3,(H,29,35)(H,30,34)(H3,28,31,32,33);1H4/t16-;/m0./s1. The van der Waals surface area contributed by atoms with Crippen molar-refractivity contribution in [1.29, 1.82) is 5.26 Å². The second-order valence-corrected chi connectivity index (χ2v) is 8.76. The number of nitrogens with zero attached hydrogens (tertiary/aromatic N) is 3. The molecule has 2 amide bonds. The minimum Gasteiger partial charge on any atom is -0.480 e. The van der Waals surface area contributed by atoms with Crippen LogP contribution >= 0.6 is 0 Å². The Morgan fingerprint density at radius 3 is 2.47 bits per heavy atom. The number of carbonyl (C=O) groups excluding carboxylic acids is 2. The van der Waals surface area contributed by atoms with Crippen molar-refractivity contribution in [2.24, 2.45) is 0 Å². The first kappa shape index (κ1) is 31.7. The fourth-order valence-corrected chi connectivity index (χ4v) is 3.06. The molecule has 0 spiro atoms. The molecular weight excluding hydrogens is 507 g/mol. The van der Waals surface area contributed by atoms with Crippen LogP contribution in [0.25, 0.3) is 0 Å². The SMILES string of the molecule is C.COc1nc(N)nc(N[C@@H](CCCNC(=O)OC(C)(C)C)C(=O)Nc2cccc(C(F)(F)F)c2)c1C#N. The Labute approximate surface area is 218 Å². The van der Waals surface area contributed by atoms with Gasteiger partial charge in [-0.2, -0.15) is 28.4 Å². The van der Waals surface area contributed by atoms with Gasteiger partial charge in [0, 0.05) is 12.2 Å². The van der Waals surface area contributed by atoms with Crippen molar-refractivity contribution in [2.45, 2.75) is 58.9 Å². The van der Waals surface area contributed by atoms with E-state index in [4.69, 9.17) is 15.2 Å². The number of amides is 2. The van der Waals surface area contributed by atoms with Gasteiger partial charge in [-0.3, -0.25) is 4.79 Å². The maximum atomic E-state index is 13.1. The summed E-state index contributed by atoms with van der Waals surface area (Å²) in [5, 5.41) is 17.3. The molecular formula is C24H32F3N7O4. The number of nitrogen functional groups attached to an aromatic ring is 1. The topological polar surface area (TPSA) is 164 Å². The molecule has 1 heterocycles. The molecule has 0 unspecified atom stereocenters. The lowest BCUT2D eigenvalue weighted by Gasteiger charge is -2.21. The second kappa shape index (κ2) is 13.3. The Morgan fingerprint density at radius 2 is 1.89 bits per heavy atom. The minimum atomic E-state index is -4.59. The number of nitrogens with two attached hydrogens (primary N) is 1. The summed E-state index contributed by atoms with van der Waals surface area (Å²) in [6.07, 6.45) is -4.90. The molecule has 38 heavy (non-hydrogen) atoms. The molecule has 5 N–H and O–H groups in total. The first-order chi connectivity index (χ1) is 17.2. The van der Waals surface area contributed by atoms with Crippen LogP contribution in [0.3, 0.4) is 0 Å². The van der Waals surface area contributed by atoms with E-state index >= 15 is 0 Å². The normalized spacial score (nSPS) is 11.8. The largest absolute Gasteiger partial charge is 0.480 e. The lowest BCUT2D eigenvalue weighted by Crippen LogP contribution is -2.37. The maximum Gasteiger partial charge on any atom is 0.416 e. The number of anilines is 3. The van der Waals surface area contributed by atoms with Crippen molar-refractivity contribution >= 4 is 29.5 Å². The number of rotatable bonds is 9. The lowest BCUT2D eigenvalue weighted by molar-refractivity contribution is -0.137. The highest BCUT2D eigenvalue weighted by molar-refractivity contribution is 5.96. The summed E-state index contributed by atoms with van der Waals surface area (Å²) in [6, 6.07) is 4.91. The molecule has 0 aliphatic heterocycles. The van der Waals surface area contributed by atoms with E-state index < -0.39 is 35.4 Å². The highest BCUT2D eigenvalue weighted by atomic mass is 19.4. The summed E-state index contributed by atoms with van der Waals surface area (Å²) in [4.78, 5) is 32.7. The predicted octanol–water partition coefficient (Wildman–Crippen LogP) is 4.32. The van der Waals surface area contributed by atoms with E-state index in [-0.39, 0.29) is 55.7 Å².